The number of benzene rings is 2. The molecular formula is C17H11BrF2N2O3. The molecule has 3 aromatic rings. The molecule has 2 aromatic carbocycles. The molecule has 3 rings (SSSR count). The third-order valence-electron chi connectivity index (χ3n) is 3.31. The van der Waals surface area contributed by atoms with Gasteiger partial charge in [0.25, 0.3) is 5.89 Å². The van der Waals surface area contributed by atoms with Gasteiger partial charge in [-0.3, -0.25) is 0 Å². The highest BCUT2D eigenvalue weighted by atomic mass is 79.9. The van der Waals surface area contributed by atoms with Gasteiger partial charge in [0.1, 0.15) is 11.6 Å². The number of carbonyl (C=O) groups excluding carboxylic acids is 1. The summed E-state index contributed by atoms with van der Waals surface area (Å²) in [5, 5.41) is 7.65. The van der Waals surface area contributed by atoms with E-state index in [1.807, 2.05) is 0 Å². The zero-order chi connectivity index (χ0) is 18.0. The minimum Gasteiger partial charge on any atom is -0.449 e. The molecule has 1 atom stereocenters. The third-order valence-corrected chi connectivity index (χ3v) is 3.80. The Hall–Kier alpha value is -2.61. The van der Waals surface area contributed by atoms with E-state index in [4.69, 9.17) is 9.15 Å². The number of aromatic nitrogens is 2. The van der Waals surface area contributed by atoms with Crippen LogP contribution in [0.4, 0.5) is 8.78 Å². The van der Waals surface area contributed by atoms with Crippen molar-refractivity contribution in [2.24, 2.45) is 0 Å². The standard InChI is InChI=1S/C17H11BrF2N2O3/c1-9(24-17(23)13-8-11(18)4-7-14(13)20)15-21-22-16(25-15)10-2-5-12(19)6-3-10/h2-9H,1H3/t9-/m0/s1. The van der Waals surface area contributed by atoms with Crippen LogP contribution in [0, 0.1) is 11.6 Å². The second-order valence-corrected chi connectivity index (χ2v) is 6.04. The molecule has 0 radical (unpaired) electrons. The van der Waals surface area contributed by atoms with Gasteiger partial charge in [-0.1, -0.05) is 15.9 Å². The van der Waals surface area contributed by atoms with E-state index < -0.39 is 17.9 Å². The van der Waals surface area contributed by atoms with Crippen molar-refractivity contribution >= 4 is 21.9 Å². The Kier molecular flexibility index (Phi) is 4.89. The Bertz CT molecular complexity index is 913. The Morgan fingerprint density at radius 3 is 2.60 bits per heavy atom. The highest BCUT2D eigenvalue weighted by Crippen LogP contribution is 2.24. The number of esters is 1. The maximum absolute atomic E-state index is 13.7. The molecule has 1 heterocycles. The van der Waals surface area contributed by atoms with E-state index in [9.17, 15) is 13.6 Å². The molecule has 5 nitrogen and oxygen atoms in total. The van der Waals surface area contributed by atoms with Gasteiger partial charge < -0.3 is 9.15 Å². The van der Waals surface area contributed by atoms with Crippen LogP contribution >= 0.6 is 15.9 Å². The van der Waals surface area contributed by atoms with E-state index in [0.717, 1.165) is 6.07 Å². The van der Waals surface area contributed by atoms with Crippen LogP contribution in [0.2, 0.25) is 0 Å². The highest BCUT2D eigenvalue weighted by molar-refractivity contribution is 9.10. The molecule has 1 aromatic heterocycles. The van der Waals surface area contributed by atoms with Gasteiger partial charge in [0, 0.05) is 10.0 Å². The normalized spacial score (nSPS) is 12.0. The molecule has 0 saturated carbocycles. The lowest BCUT2D eigenvalue weighted by Gasteiger charge is -2.10. The molecule has 128 valence electrons. The van der Waals surface area contributed by atoms with Crippen molar-refractivity contribution in [2.75, 3.05) is 0 Å². The molecule has 0 aliphatic heterocycles. The summed E-state index contributed by atoms with van der Waals surface area (Å²) in [6, 6.07) is 9.45. The van der Waals surface area contributed by atoms with Crippen molar-refractivity contribution in [2.45, 2.75) is 13.0 Å². The third kappa shape index (κ3) is 3.90. The van der Waals surface area contributed by atoms with Gasteiger partial charge in [-0.25, -0.2) is 13.6 Å². The van der Waals surface area contributed by atoms with Crippen LogP contribution in [0.5, 0.6) is 0 Å². The Labute approximate surface area is 149 Å². The summed E-state index contributed by atoms with van der Waals surface area (Å²) < 4.78 is 37.8. The van der Waals surface area contributed by atoms with Crippen molar-refractivity contribution in [3.05, 3.63) is 70.0 Å². The van der Waals surface area contributed by atoms with Crippen LogP contribution in [0.3, 0.4) is 0 Å². The van der Waals surface area contributed by atoms with Gasteiger partial charge >= 0.3 is 5.97 Å². The fourth-order valence-electron chi connectivity index (χ4n) is 2.04. The SMILES string of the molecule is C[C@H](OC(=O)c1cc(Br)ccc1F)c1nnc(-c2ccc(F)cc2)o1. The van der Waals surface area contributed by atoms with Crippen LogP contribution in [-0.2, 0) is 4.74 Å². The number of rotatable bonds is 4. The Balaban J connectivity index is 1.75. The number of ether oxygens (including phenoxy) is 1. The van der Waals surface area contributed by atoms with E-state index in [1.54, 1.807) is 0 Å². The Morgan fingerprint density at radius 2 is 1.88 bits per heavy atom. The fourth-order valence-corrected chi connectivity index (χ4v) is 2.40. The second-order valence-electron chi connectivity index (χ2n) is 5.12. The first kappa shape index (κ1) is 17.2. The van der Waals surface area contributed by atoms with Crippen LogP contribution in [0.25, 0.3) is 11.5 Å². The lowest BCUT2D eigenvalue weighted by atomic mass is 10.2. The molecule has 0 unspecified atom stereocenters. The molecule has 0 aliphatic carbocycles. The maximum Gasteiger partial charge on any atom is 0.341 e. The summed E-state index contributed by atoms with van der Waals surface area (Å²) in [5.74, 6) is -1.73. The van der Waals surface area contributed by atoms with Crippen molar-refractivity contribution in [1.29, 1.82) is 0 Å². The van der Waals surface area contributed by atoms with E-state index in [-0.39, 0.29) is 23.2 Å². The second kappa shape index (κ2) is 7.10. The zero-order valence-corrected chi connectivity index (χ0v) is 14.5. The summed E-state index contributed by atoms with van der Waals surface area (Å²) in [5.41, 5.74) is 0.316. The van der Waals surface area contributed by atoms with Crippen molar-refractivity contribution in [1.82, 2.24) is 10.2 Å². The number of nitrogens with zero attached hydrogens (tertiary/aromatic N) is 2. The molecule has 25 heavy (non-hydrogen) atoms. The highest BCUT2D eigenvalue weighted by Gasteiger charge is 2.22. The average molecular weight is 409 g/mol. The molecule has 0 spiro atoms. The lowest BCUT2D eigenvalue weighted by Crippen LogP contribution is -2.11. The van der Waals surface area contributed by atoms with E-state index >= 15 is 0 Å². The predicted octanol–water partition coefficient (Wildman–Crippen LogP) is 4.70. The lowest BCUT2D eigenvalue weighted by molar-refractivity contribution is 0.0274. The first-order valence-corrected chi connectivity index (χ1v) is 7.98. The van der Waals surface area contributed by atoms with Gasteiger partial charge in [-0.15, -0.1) is 10.2 Å². The smallest absolute Gasteiger partial charge is 0.341 e. The molecule has 0 fully saturated rings. The van der Waals surface area contributed by atoms with Gasteiger partial charge in [0.15, 0.2) is 6.10 Å². The summed E-state index contributed by atoms with van der Waals surface area (Å²) >= 11 is 3.17. The first-order valence-electron chi connectivity index (χ1n) is 7.19. The summed E-state index contributed by atoms with van der Waals surface area (Å²) in [4.78, 5) is 12.1. The zero-order valence-electron chi connectivity index (χ0n) is 12.9. The predicted molar refractivity (Wildman–Crippen MR) is 87.6 cm³/mol. The quantitative estimate of drug-likeness (QED) is 0.585. The maximum atomic E-state index is 13.7. The number of halogens is 3. The monoisotopic (exact) mass is 408 g/mol. The largest absolute Gasteiger partial charge is 0.449 e. The van der Waals surface area contributed by atoms with E-state index in [0.29, 0.717) is 10.0 Å². The molecule has 0 saturated heterocycles. The molecular weight excluding hydrogens is 398 g/mol. The Morgan fingerprint density at radius 1 is 1.16 bits per heavy atom. The van der Waals surface area contributed by atoms with Crippen LogP contribution in [0.1, 0.15) is 29.3 Å². The van der Waals surface area contributed by atoms with Gasteiger partial charge in [-0.2, -0.15) is 0 Å². The minimum atomic E-state index is -0.882. The van der Waals surface area contributed by atoms with Gasteiger partial charge in [0.2, 0.25) is 5.89 Å². The van der Waals surface area contributed by atoms with Crippen molar-refractivity contribution in [3.8, 4) is 11.5 Å². The number of carbonyl (C=O) groups is 1. The summed E-state index contributed by atoms with van der Waals surface area (Å²) in [7, 11) is 0. The van der Waals surface area contributed by atoms with E-state index in [2.05, 4.69) is 26.1 Å². The first-order chi connectivity index (χ1) is 11.9. The van der Waals surface area contributed by atoms with E-state index in [1.165, 1.54) is 43.3 Å². The van der Waals surface area contributed by atoms with Crippen molar-refractivity contribution in [3.63, 3.8) is 0 Å². The van der Waals surface area contributed by atoms with Gasteiger partial charge in [0.05, 0.1) is 5.56 Å². The van der Waals surface area contributed by atoms with Crippen LogP contribution in [-0.4, -0.2) is 16.2 Å². The van der Waals surface area contributed by atoms with Crippen LogP contribution < -0.4 is 0 Å². The molecule has 0 N–H and O–H groups in total. The van der Waals surface area contributed by atoms with Gasteiger partial charge in [-0.05, 0) is 49.4 Å². The number of hydrogen-bond acceptors (Lipinski definition) is 5. The molecule has 0 amide bonds. The molecule has 0 bridgehead atoms. The van der Waals surface area contributed by atoms with Crippen LogP contribution in [0.15, 0.2) is 51.4 Å². The fraction of sp³-hybridized carbons (Fsp3) is 0.118. The number of hydrogen-bond donors (Lipinski definition) is 0. The average Bonchev–Trinajstić information content (AvgIpc) is 3.07. The molecule has 0 aliphatic rings. The molecule has 8 heteroatoms. The summed E-state index contributed by atoms with van der Waals surface area (Å²) in [6.45, 7) is 1.52. The minimum absolute atomic E-state index is 0.0445. The summed E-state index contributed by atoms with van der Waals surface area (Å²) in [6.07, 6.45) is -0.882. The topological polar surface area (TPSA) is 65.2 Å². The van der Waals surface area contributed by atoms with Crippen molar-refractivity contribution < 1.29 is 22.7 Å².